The van der Waals surface area contributed by atoms with Crippen molar-refractivity contribution in [2.24, 2.45) is 0 Å². The van der Waals surface area contributed by atoms with Crippen LogP contribution in [-0.4, -0.2) is 26.5 Å². The Morgan fingerprint density at radius 1 is 0.878 bits per heavy atom. The predicted molar refractivity (Wildman–Crippen MR) is 158 cm³/mol. The molecule has 0 saturated heterocycles. The lowest BCUT2D eigenvalue weighted by atomic mass is 9.76. The number of nitrogens with zero attached hydrogens (tertiary/aromatic N) is 2. The van der Waals surface area contributed by atoms with E-state index in [0.717, 1.165) is 16.7 Å². The maximum atomic E-state index is 14.8. The number of rotatable bonds is 7. The second-order valence-electron chi connectivity index (χ2n) is 10.8. The fraction of sp³-hybridized carbons (Fsp3) is 0.258. The lowest BCUT2D eigenvalue weighted by molar-refractivity contribution is -0.158. The van der Waals surface area contributed by atoms with Crippen molar-refractivity contribution in [3.63, 3.8) is 0 Å². The first kappa shape index (κ1) is 29.4. The predicted octanol–water partition coefficient (Wildman–Crippen LogP) is 7.08. The standard InChI is InChI=1S/C31H30ClF3N4OS/c1-29(2,3)41(40)38-28(31(33,34)35)27-24-20-36-26(32)19-25(24)39(37-27)30(21-13-7-4-8-14-21,22-15-9-5-10-16-22)23-17-11-6-12-18-23/h4-20,27-28,37-38H,1-3H3. The molecule has 3 aromatic carbocycles. The molecule has 1 aliphatic rings. The molecular weight excluding hydrogens is 569 g/mol. The first-order valence-corrected chi connectivity index (χ1v) is 14.6. The summed E-state index contributed by atoms with van der Waals surface area (Å²) in [6.07, 6.45) is -3.39. The molecule has 5 nitrogen and oxygen atoms in total. The molecule has 10 heteroatoms. The second kappa shape index (κ2) is 11.3. The van der Waals surface area contributed by atoms with Gasteiger partial charge in [-0.3, -0.25) is 5.01 Å². The van der Waals surface area contributed by atoms with Crippen LogP contribution in [0.2, 0.25) is 5.15 Å². The number of alkyl halides is 3. The average molecular weight is 599 g/mol. The van der Waals surface area contributed by atoms with Crippen LogP contribution >= 0.6 is 11.6 Å². The van der Waals surface area contributed by atoms with E-state index >= 15 is 0 Å². The van der Waals surface area contributed by atoms with E-state index in [9.17, 15) is 17.7 Å². The fourth-order valence-corrected chi connectivity index (χ4v) is 6.22. The zero-order valence-electron chi connectivity index (χ0n) is 22.7. The Hall–Kier alpha value is -3.08. The van der Waals surface area contributed by atoms with Crippen LogP contribution in [-0.2, 0) is 16.9 Å². The van der Waals surface area contributed by atoms with Crippen molar-refractivity contribution in [2.45, 2.75) is 49.3 Å². The van der Waals surface area contributed by atoms with Gasteiger partial charge in [0.2, 0.25) is 0 Å². The van der Waals surface area contributed by atoms with Crippen molar-refractivity contribution in [3.05, 3.63) is 131 Å². The highest BCUT2D eigenvalue weighted by atomic mass is 35.5. The summed E-state index contributed by atoms with van der Waals surface area (Å²) in [5.74, 6) is 0. The molecule has 0 radical (unpaired) electrons. The van der Waals surface area contributed by atoms with Gasteiger partial charge in [0.05, 0.1) is 11.7 Å². The third kappa shape index (κ3) is 5.57. The SMILES string of the molecule is CC(C)(C)[S+]([O-])NC(C1NN(C(c2ccccc2)(c2ccccc2)c2ccccc2)c2cc(Cl)ncc21)C(F)(F)F. The number of halogens is 4. The molecule has 1 aromatic heterocycles. The fourth-order valence-electron chi connectivity index (χ4n) is 5.22. The molecule has 0 spiro atoms. The molecule has 3 atom stereocenters. The summed E-state index contributed by atoms with van der Waals surface area (Å²) in [6.45, 7) is 4.87. The summed E-state index contributed by atoms with van der Waals surface area (Å²) in [5.41, 5.74) is 5.24. The van der Waals surface area contributed by atoms with Crippen LogP contribution in [0.5, 0.6) is 0 Å². The van der Waals surface area contributed by atoms with Crippen LogP contribution in [0.1, 0.15) is 49.1 Å². The van der Waals surface area contributed by atoms with Crippen LogP contribution in [0.25, 0.3) is 0 Å². The number of hydrazine groups is 1. The Balaban J connectivity index is 1.78. The Bertz CT molecular complexity index is 1370. The van der Waals surface area contributed by atoms with Gasteiger partial charge in [0.15, 0.2) is 6.04 Å². The minimum absolute atomic E-state index is 0.133. The Morgan fingerprint density at radius 3 is 1.76 bits per heavy atom. The van der Waals surface area contributed by atoms with E-state index in [4.69, 9.17) is 11.6 Å². The van der Waals surface area contributed by atoms with E-state index in [1.54, 1.807) is 31.8 Å². The topological polar surface area (TPSA) is 63.2 Å². The first-order valence-electron chi connectivity index (χ1n) is 13.1. The summed E-state index contributed by atoms with van der Waals surface area (Å²) in [4.78, 5) is 4.16. The number of nitrogens with one attached hydrogen (secondary N) is 2. The maximum absolute atomic E-state index is 14.8. The normalized spacial score (nSPS) is 17.3. The lowest BCUT2D eigenvalue weighted by Crippen LogP contribution is -2.59. The number of benzene rings is 3. The Morgan fingerprint density at radius 2 is 1.34 bits per heavy atom. The molecular formula is C31H30ClF3N4OS. The van der Waals surface area contributed by atoms with Gasteiger partial charge in [-0.15, -0.1) is 4.72 Å². The Labute approximate surface area is 246 Å². The van der Waals surface area contributed by atoms with E-state index < -0.39 is 39.9 Å². The van der Waals surface area contributed by atoms with Crippen LogP contribution in [0, 0.1) is 0 Å². The molecule has 2 heterocycles. The minimum Gasteiger partial charge on any atom is -0.598 e. The molecule has 0 bridgehead atoms. The molecule has 4 aromatic rings. The van der Waals surface area contributed by atoms with Crippen LogP contribution < -0.4 is 15.2 Å². The van der Waals surface area contributed by atoms with E-state index in [-0.39, 0.29) is 10.7 Å². The van der Waals surface area contributed by atoms with Crippen LogP contribution in [0.3, 0.4) is 0 Å². The van der Waals surface area contributed by atoms with Gasteiger partial charge in [-0.05, 0) is 37.5 Å². The number of hydrogen-bond acceptors (Lipinski definition) is 5. The number of fused-ring (bicyclic) bond motifs is 1. The Kier molecular flexibility index (Phi) is 8.11. The van der Waals surface area contributed by atoms with Crippen molar-refractivity contribution in [3.8, 4) is 0 Å². The molecule has 214 valence electrons. The number of pyridine rings is 1. The minimum atomic E-state index is -4.75. The molecule has 0 saturated carbocycles. The van der Waals surface area contributed by atoms with Crippen LogP contribution in [0.4, 0.5) is 18.9 Å². The zero-order chi connectivity index (χ0) is 29.4. The number of anilines is 1. The third-order valence-electron chi connectivity index (χ3n) is 7.11. The summed E-state index contributed by atoms with van der Waals surface area (Å²) in [5, 5.41) is 1.88. The molecule has 0 fully saturated rings. The summed E-state index contributed by atoms with van der Waals surface area (Å²) in [7, 11) is 0. The van der Waals surface area contributed by atoms with Crippen molar-refractivity contribution < 1.29 is 17.7 Å². The van der Waals surface area contributed by atoms with Crippen LogP contribution in [0.15, 0.2) is 103 Å². The van der Waals surface area contributed by atoms with Crippen molar-refractivity contribution in [1.82, 2.24) is 15.1 Å². The highest BCUT2D eigenvalue weighted by Gasteiger charge is 2.56. The number of aromatic nitrogens is 1. The quantitative estimate of drug-likeness (QED) is 0.135. The average Bonchev–Trinajstić information content (AvgIpc) is 3.31. The van der Waals surface area contributed by atoms with E-state index in [1.165, 1.54) is 6.20 Å². The molecule has 0 aliphatic carbocycles. The molecule has 0 amide bonds. The van der Waals surface area contributed by atoms with E-state index in [2.05, 4.69) is 15.1 Å². The van der Waals surface area contributed by atoms with Gasteiger partial charge in [-0.1, -0.05) is 103 Å². The lowest BCUT2D eigenvalue weighted by Gasteiger charge is -2.45. The zero-order valence-corrected chi connectivity index (χ0v) is 24.3. The van der Waals surface area contributed by atoms with Gasteiger partial charge in [0.25, 0.3) is 0 Å². The van der Waals surface area contributed by atoms with Crippen molar-refractivity contribution >= 4 is 28.7 Å². The van der Waals surface area contributed by atoms with Crippen molar-refractivity contribution in [1.29, 1.82) is 0 Å². The first-order chi connectivity index (χ1) is 19.4. The molecule has 1 aliphatic heterocycles. The van der Waals surface area contributed by atoms with Gasteiger partial charge in [0.1, 0.15) is 15.4 Å². The highest BCUT2D eigenvalue weighted by Crippen LogP contribution is 2.50. The summed E-state index contributed by atoms with van der Waals surface area (Å²) in [6, 6.07) is 26.8. The maximum Gasteiger partial charge on any atom is 0.410 e. The number of hydrogen-bond donors (Lipinski definition) is 2. The summed E-state index contributed by atoms with van der Waals surface area (Å²) >= 11 is 4.38. The van der Waals surface area contributed by atoms with Gasteiger partial charge in [-0.25, -0.2) is 10.4 Å². The third-order valence-corrected chi connectivity index (χ3v) is 8.90. The monoisotopic (exact) mass is 598 g/mol. The largest absolute Gasteiger partial charge is 0.598 e. The van der Waals surface area contributed by atoms with Gasteiger partial charge in [-0.2, -0.15) is 13.2 Å². The molecule has 2 N–H and O–H groups in total. The van der Waals surface area contributed by atoms with Crippen molar-refractivity contribution in [2.75, 3.05) is 5.01 Å². The molecule has 41 heavy (non-hydrogen) atoms. The molecule has 3 unspecified atom stereocenters. The highest BCUT2D eigenvalue weighted by molar-refractivity contribution is 7.90. The van der Waals surface area contributed by atoms with Gasteiger partial charge >= 0.3 is 6.18 Å². The van der Waals surface area contributed by atoms with Gasteiger partial charge in [0, 0.05) is 29.2 Å². The van der Waals surface area contributed by atoms with E-state index in [0.29, 0.717) is 5.69 Å². The smallest absolute Gasteiger partial charge is 0.410 e. The summed E-state index contributed by atoms with van der Waals surface area (Å²) < 4.78 is 58.8. The van der Waals surface area contributed by atoms with Gasteiger partial charge < -0.3 is 4.55 Å². The van der Waals surface area contributed by atoms with E-state index in [1.807, 2.05) is 91.0 Å². The second-order valence-corrected chi connectivity index (χ2v) is 13.2. The molecule has 5 rings (SSSR count).